The molecule has 23 heavy (non-hydrogen) atoms. The number of esters is 2. The maximum Gasteiger partial charge on any atom is 0.465 e. The van der Waals surface area contributed by atoms with Gasteiger partial charge in [-0.2, -0.15) is 17.2 Å². The molecule has 0 atom stereocenters. The zero-order chi connectivity index (χ0) is 18.0. The van der Waals surface area contributed by atoms with Crippen molar-refractivity contribution in [1.82, 2.24) is 0 Å². The average Bonchev–Trinajstić information content (AvgIpc) is 2.38. The molecule has 0 radical (unpaired) electrons. The Bertz CT molecular complexity index is 718. The minimum Gasteiger partial charge on any atom is -0.448 e. The Balaban J connectivity index is 2.75. The number of carbonyl (C=O) groups is 2. The third-order valence-corrected chi connectivity index (χ3v) is 3.52. The first-order chi connectivity index (χ1) is 10.4. The van der Waals surface area contributed by atoms with Crippen molar-refractivity contribution in [2.45, 2.75) is 26.0 Å². The molecule has 0 aliphatic rings. The fourth-order valence-corrected chi connectivity index (χ4v) is 2.05. The Morgan fingerprint density at radius 3 is 2.09 bits per heavy atom. The minimum atomic E-state index is -5.99. The summed E-state index contributed by atoms with van der Waals surface area (Å²) in [5.41, 5.74) is 2.12. The van der Waals surface area contributed by atoms with Gasteiger partial charge in [0, 0.05) is 0 Å². The molecule has 1 rings (SSSR count). The summed E-state index contributed by atoms with van der Waals surface area (Å²) in [5.74, 6) is -3.58. The van der Waals surface area contributed by atoms with Crippen LogP contribution in [0, 0.1) is 20.8 Å². The van der Waals surface area contributed by atoms with Crippen LogP contribution in [0.25, 0.3) is 0 Å². The SMILES string of the molecule is Cc1cc(C)c(OC(=O)COC(=O)C(F)(F)S(=O)(=O)O)c(C)c1. The van der Waals surface area contributed by atoms with Crippen molar-refractivity contribution < 1.29 is 40.8 Å². The summed E-state index contributed by atoms with van der Waals surface area (Å²) >= 11 is 0. The molecule has 0 fully saturated rings. The molecule has 0 saturated heterocycles. The summed E-state index contributed by atoms with van der Waals surface area (Å²) in [7, 11) is -5.99. The number of carbonyl (C=O) groups excluding carboxylic acids is 2. The van der Waals surface area contributed by atoms with E-state index in [-0.39, 0.29) is 5.75 Å². The second-order valence-corrected chi connectivity index (χ2v) is 6.23. The van der Waals surface area contributed by atoms with E-state index in [4.69, 9.17) is 9.29 Å². The summed E-state index contributed by atoms with van der Waals surface area (Å²) in [6.45, 7) is 3.89. The Morgan fingerprint density at radius 2 is 1.65 bits per heavy atom. The molecule has 1 aromatic carbocycles. The number of benzene rings is 1. The molecule has 0 saturated carbocycles. The van der Waals surface area contributed by atoms with Crippen LogP contribution in [-0.2, 0) is 24.4 Å². The largest absolute Gasteiger partial charge is 0.465 e. The second kappa shape index (κ2) is 6.59. The Morgan fingerprint density at radius 1 is 1.17 bits per heavy atom. The summed E-state index contributed by atoms with van der Waals surface area (Å²) in [6.07, 6.45) is 0. The number of hydrogen-bond donors (Lipinski definition) is 1. The Kier molecular flexibility index (Phi) is 5.43. The normalized spacial score (nSPS) is 11.9. The lowest BCUT2D eigenvalue weighted by Gasteiger charge is -2.13. The topological polar surface area (TPSA) is 107 Å². The molecule has 0 aliphatic carbocycles. The van der Waals surface area contributed by atoms with Crippen molar-refractivity contribution in [3.05, 3.63) is 28.8 Å². The van der Waals surface area contributed by atoms with Crippen LogP contribution < -0.4 is 4.74 Å². The summed E-state index contributed by atoms with van der Waals surface area (Å²) in [6, 6.07) is 3.43. The number of hydrogen-bond acceptors (Lipinski definition) is 6. The van der Waals surface area contributed by atoms with Gasteiger partial charge in [0.25, 0.3) is 0 Å². The van der Waals surface area contributed by atoms with Gasteiger partial charge in [-0.15, -0.1) is 0 Å². The van der Waals surface area contributed by atoms with Gasteiger partial charge in [-0.3, -0.25) is 4.55 Å². The van der Waals surface area contributed by atoms with E-state index in [0.29, 0.717) is 11.1 Å². The highest BCUT2D eigenvalue weighted by Crippen LogP contribution is 2.25. The van der Waals surface area contributed by atoms with E-state index in [1.165, 1.54) is 0 Å². The number of ether oxygens (including phenoxy) is 2. The minimum absolute atomic E-state index is 0.179. The molecule has 0 bridgehead atoms. The molecule has 7 nitrogen and oxygen atoms in total. The van der Waals surface area contributed by atoms with Gasteiger partial charge in [-0.1, -0.05) is 17.7 Å². The Hall–Kier alpha value is -2.07. The first-order valence-electron chi connectivity index (χ1n) is 6.17. The van der Waals surface area contributed by atoms with Gasteiger partial charge >= 0.3 is 27.3 Å². The predicted molar refractivity (Wildman–Crippen MR) is 73.7 cm³/mol. The van der Waals surface area contributed by atoms with Gasteiger partial charge in [0.05, 0.1) is 0 Å². The van der Waals surface area contributed by atoms with E-state index in [0.717, 1.165) is 5.56 Å². The van der Waals surface area contributed by atoms with Crippen molar-refractivity contribution in [2.75, 3.05) is 6.61 Å². The highest BCUT2D eigenvalue weighted by Gasteiger charge is 2.54. The van der Waals surface area contributed by atoms with E-state index in [2.05, 4.69) is 4.74 Å². The summed E-state index contributed by atoms with van der Waals surface area (Å²) in [4.78, 5) is 22.5. The molecule has 0 aliphatic heterocycles. The zero-order valence-corrected chi connectivity index (χ0v) is 13.2. The van der Waals surface area contributed by atoms with Crippen molar-refractivity contribution >= 4 is 22.1 Å². The quantitative estimate of drug-likeness (QED) is 0.486. The van der Waals surface area contributed by atoms with Crippen LogP contribution in [-0.4, -0.2) is 36.8 Å². The molecule has 0 amide bonds. The van der Waals surface area contributed by atoms with E-state index in [1.807, 2.05) is 6.92 Å². The molecule has 0 heterocycles. The zero-order valence-electron chi connectivity index (χ0n) is 12.4. The molecule has 128 valence electrons. The fraction of sp³-hybridized carbons (Fsp3) is 0.385. The third kappa shape index (κ3) is 4.45. The first-order valence-corrected chi connectivity index (χ1v) is 7.61. The van der Waals surface area contributed by atoms with Gasteiger partial charge in [0.15, 0.2) is 6.61 Å². The molecule has 1 aromatic rings. The van der Waals surface area contributed by atoms with Crippen LogP contribution in [0.15, 0.2) is 12.1 Å². The van der Waals surface area contributed by atoms with Crippen LogP contribution in [0.3, 0.4) is 0 Å². The van der Waals surface area contributed by atoms with Crippen LogP contribution in [0.1, 0.15) is 16.7 Å². The average molecular weight is 352 g/mol. The highest BCUT2D eigenvalue weighted by atomic mass is 32.2. The van der Waals surface area contributed by atoms with Crippen LogP contribution in [0.2, 0.25) is 0 Å². The molecule has 1 N–H and O–H groups in total. The van der Waals surface area contributed by atoms with Crippen LogP contribution >= 0.6 is 0 Å². The van der Waals surface area contributed by atoms with Crippen LogP contribution in [0.4, 0.5) is 8.78 Å². The number of aryl methyl sites for hydroxylation is 3. The van der Waals surface area contributed by atoms with Gasteiger partial charge in [-0.05, 0) is 31.9 Å². The van der Waals surface area contributed by atoms with Gasteiger partial charge in [0.2, 0.25) is 0 Å². The van der Waals surface area contributed by atoms with E-state index in [9.17, 15) is 26.8 Å². The predicted octanol–water partition coefficient (Wildman–Crippen LogP) is 1.54. The molecule has 10 heteroatoms. The van der Waals surface area contributed by atoms with Crippen molar-refractivity contribution in [2.24, 2.45) is 0 Å². The molecule has 0 aromatic heterocycles. The monoisotopic (exact) mass is 352 g/mol. The second-order valence-electron chi connectivity index (χ2n) is 4.77. The van der Waals surface area contributed by atoms with Gasteiger partial charge in [0.1, 0.15) is 5.75 Å². The third-order valence-electron chi connectivity index (χ3n) is 2.70. The number of rotatable bonds is 5. The molecule has 0 spiro atoms. The lowest BCUT2D eigenvalue weighted by Crippen LogP contribution is -2.40. The lowest BCUT2D eigenvalue weighted by atomic mass is 10.1. The summed E-state index contributed by atoms with van der Waals surface area (Å²) in [5, 5.41) is -5.16. The van der Waals surface area contributed by atoms with Crippen molar-refractivity contribution in [1.29, 1.82) is 0 Å². The van der Waals surface area contributed by atoms with Gasteiger partial charge < -0.3 is 9.47 Å². The van der Waals surface area contributed by atoms with E-state index < -0.39 is 33.9 Å². The highest BCUT2D eigenvalue weighted by molar-refractivity contribution is 7.87. The molecular formula is C13H14F2O7S. The Labute approximate surface area is 130 Å². The molecule has 0 unspecified atom stereocenters. The van der Waals surface area contributed by atoms with Crippen molar-refractivity contribution in [3.63, 3.8) is 0 Å². The fourth-order valence-electron chi connectivity index (χ4n) is 1.78. The van der Waals surface area contributed by atoms with Gasteiger partial charge in [-0.25, -0.2) is 9.59 Å². The number of alkyl halides is 2. The standard InChI is InChI=1S/C13H14F2O7S/c1-7-4-8(2)11(9(3)5-7)22-10(16)6-21-12(17)13(14,15)23(18,19)20/h4-5H,6H2,1-3H3,(H,18,19,20). The first kappa shape index (κ1) is 19.0. The van der Waals surface area contributed by atoms with Crippen molar-refractivity contribution in [3.8, 4) is 5.75 Å². The maximum absolute atomic E-state index is 12.9. The van der Waals surface area contributed by atoms with E-state index >= 15 is 0 Å². The smallest absolute Gasteiger partial charge is 0.448 e. The molecular weight excluding hydrogens is 338 g/mol. The number of halogens is 2. The summed E-state index contributed by atoms with van der Waals surface area (Å²) < 4.78 is 63.5. The lowest BCUT2D eigenvalue weighted by molar-refractivity contribution is -0.166. The maximum atomic E-state index is 12.9. The van der Waals surface area contributed by atoms with Crippen LogP contribution in [0.5, 0.6) is 5.75 Å². The van der Waals surface area contributed by atoms with E-state index in [1.54, 1.807) is 26.0 Å².